The molecule has 3 heteroatoms. The van der Waals surface area contributed by atoms with E-state index in [0.717, 1.165) is 12.3 Å². The van der Waals surface area contributed by atoms with E-state index in [1.165, 1.54) is 12.8 Å². The van der Waals surface area contributed by atoms with Gasteiger partial charge in [-0.1, -0.05) is 0 Å². The molecule has 0 aromatic rings. The van der Waals surface area contributed by atoms with Crippen LogP contribution < -0.4 is 5.73 Å². The number of carbonyl (C=O) groups is 1. The fourth-order valence-electron chi connectivity index (χ4n) is 1.89. The second-order valence-electron chi connectivity index (χ2n) is 3.91. The van der Waals surface area contributed by atoms with E-state index in [2.05, 4.69) is 0 Å². The van der Waals surface area contributed by atoms with Crippen molar-refractivity contribution in [1.29, 1.82) is 0 Å². The number of hydrogen-bond donors (Lipinski definition) is 1. The quantitative estimate of drug-likeness (QED) is 0.632. The molecule has 2 aliphatic rings. The Morgan fingerprint density at radius 1 is 1.67 bits per heavy atom. The first-order chi connectivity index (χ1) is 5.68. The molecule has 0 heterocycles. The van der Waals surface area contributed by atoms with Crippen LogP contribution in [0.4, 0.5) is 0 Å². The van der Waals surface area contributed by atoms with E-state index in [4.69, 9.17) is 10.5 Å². The van der Waals surface area contributed by atoms with Crippen molar-refractivity contribution in [3.63, 3.8) is 0 Å². The second-order valence-corrected chi connectivity index (χ2v) is 3.91. The maximum absolute atomic E-state index is 11.3. The summed E-state index contributed by atoms with van der Waals surface area (Å²) in [7, 11) is 0. The highest BCUT2D eigenvalue weighted by atomic mass is 16.5. The van der Waals surface area contributed by atoms with Crippen molar-refractivity contribution in [2.75, 3.05) is 6.61 Å². The minimum absolute atomic E-state index is 0.193. The first-order valence-electron chi connectivity index (χ1n) is 4.64. The molecule has 2 rings (SSSR count). The van der Waals surface area contributed by atoms with E-state index in [1.54, 1.807) is 0 Å². The van der Waals surface area contributed by atoms with Gasteiger partial charge >= 0.3 is 5.97 Å². The smallest absolute Gasteiger partial charge is 0.326 e. The van der Waals surface area contributed by atoms with Gasteiger partial charge in [-0.2, -0.15) is 0 Å². The largest absolute Gasteiger partial charge is 0.465 e. The summed E-state index contributed by atoms with van der Waals surface area (Å²) >= 11 is 0. The van der Waals surface area contributed by atoms with Crippen LogP contribution in [0.25, 0.3) is 0 Å². The molecule has 0 saturated heterocycles. The van der Waals surface area contributed by atoms with Crippen LogP contribution in [0.1, 0.15) is 26.2 Å². The Morgan fingerprint density at radius 2 is 2.33 bits per heavy atom. The number of carbonyl (C=O) groups excluding carboxylic acids is 1. The zero-order valence-corrected chi connectivity index (χ0v) is 7.38. The van der Waals surface area contributed by atoms with Gasteiger partial charge in [-0.05, 0) is 38.0 Å². The molecule has 2 fully saturated rings. The van der Waals surface area contributed by atoms with Crippen LogP contribution in [0.15, 0.2) is 0 Å². The van der Waals surface area contributed by atoms with Gasteiger partial charge in [0, 0.05) is 0 Å². The topological polar surface area (TPSA) is 52.3 Å². The molecule has 2 aliphatic carbocycles. The summed E-state index contributed by atoms with van der Waals surface area (Å²) in [5, 5.41) is 0. The highest BCUT2D eigenvalue weighted by molar-refractivity contribution is 5.85. The SMILES string of the molecule is CCOC(=O)C1(N)CC1C1CC1. The molecular weight excluding hydrogens is 154 g/mol. The average Bonchev–Trinajstić information content (AvgIpc) is 2.81. The third-order valence-corrected chi connectivity index (χ3v) is 2.91. The lowest BCUT2D eigenvalue weighted by Crippen LogP contribution is -2.37. The maximum atomic E-state index is 11.3. The zero-order valence-electron chi connectivity index (χ0n) is 7.38. The standard InChI is InChI=1S/C9H15NO2/c1-2-12-8(11)9(10)5-7(9)6-3-4-6/h6-7H,2-5,10H2,1H3. The Bertz CT molecular complexity index is 213. The van der Waals surface area contributed by atoms with Gasteiger partial charge in [0.2, 0.25) is 0 Å². The molecule has 2 unspecified atom stereocenters. The minimum Gasteiger partial charge on any atom is -0.465 e. The van der Waals surface area contributed by atoms with Gasteiger partial charge in [0.15, 0.2) is 0 Å². The normalized spacial score (nSPS) is 39.3. The second kappa shape index (κ2) is 2.46. The lowest BCUT2D eigenvalue weighted by molar-refractivity contribution is -0.146. The highest BCUT2D eigenvalue weighted by Gasteiger charge is 2.63. The molecule has 0 aromatic heterocycles. The highest BCUT2D eigenvalue weighted by Crippen LogP contribution is 2.56. The zero-order chi connectivity index (χ0) is 8.77. The maximum Gasteiger partial charge on any atom is 0.326 e. The number of ether oxygens (including phenoxy) is 1. The van der Waals surface area contributed by atoms with Crippen molar-refractivity contribution in [2.24, 2.45) is 17.6 Å². The Kier molecular flexibility index (Phi) is 1.65. The molecule has 0 amide bonds. The average molecular weight is 169 g/mol. The number of rotatable bonds is 3. The van der Waals surface area contributed by atoms with Gasteiger partial charge in [-0.3, -0.25) is 4.79 Å². The molecule has 68 valence electrons. The Balaban J connectivity index is 1.91. The van der Waals surface area contributed by atoms with Crippen molar-refractivity contribution < 1.29 is 9.53 Å². The molecule has 2 saturated carbocycles. The monoisotopic (exact) mass is 169 g/mol. The van der Waals surface area contributed by atoms with Crippen LogP contribution in [0.3, 0.4) is 0 Å². The fourth-order valence-corrected chi connectivity index (χ4v) is 1.89. The van der Waals surface area contributed by atoms with Gasteiger partial charge < -0.3 is 10.5 Å². The summed E-state index contributed by atoms with van der Waals surface area (Å²) in [6, 6.07) is 0. The van der Waals surface area contributed by atoms with E-state index in [1.807, 2.05) is 6.92 Å². The van der Waals surface area contributed by atoms with Gasteiger partial charge in [0.05, 0.1) is 6.61 Å². The molecule has 2 N–H and O–H groups in total. The summed E-state index contributed by atoms with van der Waals surface area (Å²) in [6.45, 7) is 2.25. The summed E-state index contributed by atoms with van der Waals surface area (Å²) in [5.74, 6) is 0.956. The van der Waals surface area contributed by atoms with E-state index >= 15 is 0 Å². The summed E-state index contributed by atoms with van der Waals surface area (Å²) < 4.78 is 4.91. The third kappa shape index (κ3) is 1.12. The third-order valence-electron chi connectivity index (χ3n) is 2.91. The number of esters is 1. The predicted molar refractivity (Wildman–Crippen MR) is 44.4 cm³/mol. The molecule has 0 radical (unpaired) electrons. The van der Waals surface area contributed by atoms with Gasteiger partial charge in [0.1, 0.15) is 5.54 Å². The molecule has 0 aromatic carbocycles. The molecule has 0 spiro atoms. The minimum atomic E-state index is -0.600. The number of hydrogen-bond acceptors (Lipinski definition) is 3. The van der Waals surface area contributed by atoms with Gasteiger partial charge in [-0.25, -0.2) is 0 Å². The van der Waals surface area contributed by atoms with Crippen LogP contribution in [0, 0.1) is 11.8 Å². The molecule has 12 heavy (non-hydrogen) atoms. The molecular formula is C9H15NO2. The van der Waals surface area contributed by atoms with Crippen molar-refractivity contribution in [1.82, 2.24) is 0 Å². The van der Waals surface area contributed by atoms with Gasteiger partial charge in [0.25, 0.3) is 0 Å². The predicted octanol–water partition coefficient (Wildman–Crippen LogP) is 0.677. The summed E-state index contributed by atoms with van der Waals surface area (Å²) in [6.07, 6.45) is 3.35. The Morgan fingerprint density at radius 3 is 2.83 bits per heavy atom. The lowest BCUT2D eigenvalue weighted by atomic mass is 10.1. The van der Waals surface area contributed by atoms with Crippen LogP contribution in [-0.2, 0) is 9.53 Å². The Labute approximate surface area is 72.3 Å². The van der Waals surface area contributed by atoms with E-state index in [0.29, 0.717) is 12.5 Å². The van der Waals surface area contributed by atoms with Crippen molar-refractivity contribution in [3.05, 3.63) is 0 Å². The van der Waals surface area contributed by atoms with Gasteiger partial charge in [-0.15, -0.1) is 0 Å². The molecule has 0 aliphatic heterocycles. The first-order valence-corrected chi connectivity index (χ1v) is 4.64. The van der Waals surface area contributed by atoms with Crippen LogP contribution in [-0.4, -0.2) is 18.1 Å². The van der Waals surface area contributed by atoms with Crippen molar-refractivity contribution >= 4 is 5.97 Å². The lowest BCUT2D eigenvalue weighted by Gasteiger charge is -2.09. The van der Waals surface area contributed by atoms with Crippen LogP contribution >= 0.6 is 0 Å². The Hall–Kier alpha value is -0.570. The summed E-state index contributed by atoms with van der Waals surface area (Å²) in [5.41, 5.74) is 5.29. The van der Waals surface area contributed by atoms with Crippen LogP contribution in [0.2, 0.25) is 0 Å². The summed E-state index contributed by atoms with van der Waals surface area (Å²) in [4.78, 5) is 11.3. The van der Waals surface area contributed by atoms with E-state index in [-0.39, 0.29) is 5.97 Å². The van der Waals surface area contributed by atoms with Crippen LogP contribution in [0.5, 0.6) is 0 Å². The van der Waals surface area contributed by atoms with E-state index < -0.39 is 5.54 Å². The molecule has 3 nitrogen and oxygen atoms in total. The van der Waals surface area contributed by atoms with Crippen molar-refractivity contribution in [3.8, 4) is 0 Å². The first kappa shape index (κ1) is 8.05. The fraction of sp³-hybridized carbons (Fsp3) is 0.889. The van der Waals surface area contributed by atoms with E-state index in [9.17, 15) is 4.79 Å². The van der Waals surface area contributed by atoms with Crippen molar-refractivity contribution in [2.45, 2.75) is 31.7 Å². The molecule has 2 atom stereocenters. The number of nitrogens with two attached hydrogens (primary N) is 1. The molecule has 0 bridgehead atoms.